The van der Waals surface area contributed by atoms with Crippen molar-refractivity contribution in [2.75, 3.05) is 11.1 Å². The normalized spacial score (nSPS) is 22.7. The maximum Gasteiger partial charge on any atom is 0.308 e. The van der Waals surface area contributed by atoms with Gasteiger partial charge in [0.1, 0.15) is 0 Å². The summed E-state index contributed by atoms with van der Waals surface area (Å²) in [6.45, 7) is 1.61. The van der Waals surface area contributed by atoms with E-state index in [1.165, 1.54) is 0 Å². The zero-order valence-corrected chi connectivity index (χ0v) is 12.9. The Labute approximate surface area is 125 Å². The molecule has 1 aliphatic carbocycles. The van der Waals surface area contributed by atoms with Gasteiger partial charge in [-0.2, -0.15) is 0 Å². The summed E-state index contributed by atoms with van der Waals surface area (Å²) in [6.07, 6.45) is 3.48. The summed E-state index contributed by atoms with van der Waals surface area (Å²) >= 11 is 0. The third-order valence-corrected chi connectivity index (χ3v) is 5.78. The molecule has 116 valence electrons. The van der Waals surface area contributed by atoms with Crippen LogP contribution in [-0.4, -0.2) is 31.3 Å². The predicted molar refractivity (Wildman–Crippen MR) is 81.2 cm³/mol. The van der Waals surface area contributed by atoms with Crippen molar-refractivity contribution in [2.45, 2.75) is 43.5 Å². The van der Waals surface area contributed by atoms with Crippen LogP contribution in [0.15, 0.2) is 29.2 Å². The van der Waals surface area contributed by atoms with Crippen LogP contribution < -0.4 is 5.32 Å². The molecule has 0 saturated heterocycles. The lowest BCUT2D eigenvalue weighted by Gasteiger charge is -2.30. The number of anilines is 1. The maximum atomic E-state index is 11.7. The van der Waals surface area contributed by atoms with Crippen LogP contribution in [0.25, 0.3) is 0 Å². The number of carboxylic acid groups (broad SMARTS) is 1. The van der Waals surface area contributed by atoms with Gasteiger partial charge in [0.05, 0.1) is 16.6 Å². The Morgan fingerprint density at radius 2 is 1.86 bits per heavy atom. The van der Waals surface area contributed by atoms with Crippen LogP contribution in [-0.2, 0) is 14.6 Å². The largest absolute Gasteiger partial charge is 0.481 e. The second kappa shape index (κ2) is 6.47. The van der Waals surface area contributed by atoms with Gasteiger partial charge in [-0.25, -0.2) is 8.42 Å². The first kappa shape index (κ1) is 15.8. The minimum atomic E-state index is -3.19. The second-order valence-electron chi connectivity index (χ2n) is 5.41. The molecule has 1 fully saturated rings. The molecule has 0 heterocycles. The standard InChI is InChI=1S/C15H21NO4S/c1-2-21(19,20)12-9-7-11(8-10-12)16-14-6-4-3-5-13(14)15(17)18/h7-10,13-14,16H,2-6H2,1H3,(H,17,18). The van der Waals surface area contributed by atoms with E-state index < -0.39 is 15.8 Å². The van der Waals surface area contributed by atoms with Crippen molar-refractivity contribution in [3.63, 3.8) is 0 Å². The quantitative estimate of drug-likeness (QED) is 0.873. The number of carbonyl (C=O) groups is 1. The van der Waals surface area contributed by atoms with Gasteiger partial charge in [0, 0.05) is 11.7 Å². The molecule has 0 spiro atoms. The lowest BCUT2D eigenvalue weighted by Crippen LogP contribution is -2.37. The van der Waals surface area contributed by atoms with E-state index in [-0.39, 0.29) is 17.7 Å². The maximum absolute atomic E-state index is 11.7. The summed E-state index contributed by atoms with van der Waals surface area (Å²) in [4.78, 5) is 11.6. The molecule has 0 amide bonds. The van der Waals surface area contributed by atoms with Crippen LogP contribution >= 0.6 is 0 Å². The van der Waals surface area contributed by atoms with E-state index in [0.29, 0.717) is 11.3 Å². The Bertz CT molecular complexity index is 595. The molecule has 2 unspecified atom stereocenters. The van der Waals surface area contributed by atoms with E-state index in [0.717, 1.165) is 24.9 Å². The van der Waals surface area contributed by atoms with Crippen LogP contribution in [0.4, 0.5) is 5.69 Å². The molecule has 0 bridgehead atoms. The Morgan fingerprint density at radius 3 is 2.43 bits per heavy atom. The van der Waals surface area contributed by atoms with Gasteiger partial charge < -0.3 is 10.4 Å². The number of rotatable bonds is 5. The minimum absolute atomic E-state index is 0.0729. The highest BCUT2D eigenvalue weighted by Gasteiger charge is 2.30. The summed E-state index contributed by atoms with van der Waals surface area (Å²) in [5.41, 5.74) is 0.767. The average Bonchev–Trinajstić information content (AvgIpc) is 2.48. The van der Waals surface area contributed by atoms with Crippen molar-refractivity contribution in [1.82, 2.24) is 0 Å². The first-order chi connectivity index (χ1) is 9.94. The topological polar surface area (TPSA) is 83.5 Å². The highest BCUT2D eigenvalue weighted by Crippen LogP contribution is 2.28. The van der Waals surface area contributed by atoms with Gasteiger partial charge in [0.15, 0.2) is 9.84 Å². The molecule has 1 saturated carbocycles. The Hall–Kier alpha value is -1.56. The molecule has 21 heavy (non-hydrogen) atoms. The summed E-state index contributed by atoms with van der Waals surface area (Å²) in [5.74, 6) is -1.07. The Balaban J connectivity index is 2.11. The van der Waals surface area contributed by atoms with E-state index in [1.807, 2.05) is 0 Å². The fourth-order valence-corrected chi connectivity index (χ4v) is 3.62. The Morgan fingerprint density at radius 1 is 1.24 bits per heavy atom. The number of hydrogen-bond donors (Lipinski definition) is 2. The molecule has 5 nitrogen and oxygen atoms in total. The zero-order chi connectivity index (χ0) is 15.5. The molecular formula is C15H21NO4S. The summed E-state index contributed by atoms with van der Waals surface area (Å²) in [7, 11) is -3.19. The molecule has 1 aromatic carbocycles. The SMILES string of the molecule is CCS(=O)(=O)c1ccc(NC2CCCCC2C(=O)O)cc1. The van der Waals surface area contributed by atoms with Crippen LogP contribution in [0.2, 0.25) is 0 Å². The van der Waals surface area contributed by atoms with E-state index >= 15 is 0 Å². The van der Waals surface area contributed by atoms with Gasteiger partial charge >= 0.3 is 5.97 Å². The van der Waals surface area contributed by atoms with Crippen molar-refractivity contribution in [2.24, 2.45) is 5.92 Å². The van der Waals surface area contributed by atoms with Gasteiger partial charge in [0.25, 0.3) is 0 Å². The van der Waals surface area contributed by atoms with E-state index in [1.54, 1.807) is 31.2 Å². The van der Waals surface area contributed by atoms with Crippen molar-refractivity contribution in [3.8, 4) is 0 Å². The molecular weight excluding hydrogens is 290 g/mol. The number of carboxylic acids is 1. The van der Waals surface area contributed by atoms with Gasteiger partial charge in [-0.05, 0) is 37.1 Å². The highest BCUT2D eigenvalue weighted by atomic mass is 32.2. The van der Waals surface area contributed by atoms with Crippen LogP contribution in [0.3, 0.4) is 0 Å². The fourth-order valence-electron chi connectivity index (χ4n) is 2.74. The van der Waals surface area contributed by atoms with E-state index in [2.05, 4.69) is 5.32 Å². The number of sulfone groups is 1. The second-order valence-corrected chi connectivity index (χ2v) is 7.69. The highest BCUT2D eigenvalue weighted by molar-refractivity contribution is 7.91. The van der Waals surface area contributed by atoms with Crippen LogP contribution in [0, 0.1) is 5.92 Å². The molecule has 0 aliphatic heterocycles. The summed E-state index contributed by atoms with van der Waals surface area (Å²) in [6, 6.07) is 6.45. The molecule has 0 radical (unpaired) electrons. The van der Waals surface area contributed by atoms with Crippen LogP contribution in [0.1, 0.15) is 32.6 Å². The smallest absolute Gasteiger partial charge is 0.308 e. The number of benzene rings is 1. The van der Waals surface area contributed by atoms with Crippen molar-refractivity contribution < 1.29 is 18.3 Å². The van der Waals surface area contributed by atoms with E-state index in [4.69, 9.17) is 0 Å². The molecule has 0 aromatic heterocycles. The van der Waals surface area contributed by atoms with Gasteiger partial charge in [0.2, 0.25) is 0 Å². The van der Waals surface area contributed by atoms with E-state index in [9.17, 15) is 18.3 Å². The summed E-state index contributed by atoms with van der Waals surface area (Å²) < 4.78 is 23.5. The zero-order valence-electron chi connectivity index (χ0n) is 12.1. The molecule has 6 heteroatoms. The predicted octanol–water partition coefficient (Wildman–Crippen LogP) is 2.54. The third-order valence-electron chi connectivity index (χ3n) is 4.03. The number of nitrogens with one attached hydrogen (secondary N) is 1. The molecule has 2 rings (SSSR count). The Kier molecular flexibility index (Phi) is 4.88. The monoisotopic (exact) mass is 311 g/mol. The van der Waals surface area contributed by atoms with Gasteiger partial charge in [-0.3, -0.25) is 4.79 Å². The molecule has 1 aliphatic rings. The lowest BCUT2D eigenvalue weighted by molar-refractivity contribution is -0.143. The van der Waals surface area contributed by atoms with Crippen molar-refractivity contribution >= 4 is 21.5 Å². The fraction of sp³-hybridized carbons (Fsp3) is 0.533. The van der Waals surface area contributed by atoms with Crippen molar-refractivity contribution in [1.29, 1.82) is 0 Å². The number of aliphatic carboxylic acids is 1. The lowest BCUT2D eigenvalue weighted by atomic mass is 9.84. The molecule has 2 N–H and O–H groups in total. The first-order valence-corrected chi connectivity index (χ1v) is 8.91. The van der Waals surface area contributed by atoms with Gasteiger partial charge in [-0.15, -0.1) is 0 Å². The number of hydrogen-bond acceptors (Lipinski definition) is 4. The van der Waals surface area contributed by atoms with Crippen molar-refractivity contribution in [3.05, 3.63) is 24.3 Å². The van der Waals surface area contributed by atoms with Crippen LogP contribution in [0.5, 0.6) is 0 Å². The third kappa shape index (κ3) is 3.75. The molecule has 2 atom stereocenters. The van der Waals surface area contributed by atoms with Gasteiger partial charge in [-0.1, -0.05) is 19.8 Å². The summed E-state index contributed by atoms with van der Waals surface area (Å²) in [5, 5.41) is 12.5. The average molecular weight is 311 g/mol. The first-order valence-electron chi connectivity index (χ1n) is 7.26. The minimum Gasteiger partial charge on any atom is -0.481 e. The molecule has 1 aromatic rings.